The number of nitriles is 1. The minimum atomic E-state index is -0.240. The number of hydrogen-bond donors (Lipinski definition) is 0. The number of hydrogen-bond acceptors (Lipinski definition) is 5. The van der Waals surface area contributed by atoms with E-state index >= 15 is 0 Å². The Kier molecular flexibility index (Phi) is 5.96. The molecule has 0 amide bonds. The second-order valence-electron chi connectivity index (χ2n) is 6.38. The van der Waals surface area contributed by atoms with E-state index in [0.29, 0.717) is 28.1 Å². The number of ketones is 2. The number of benzene rings is 2. The van der Waals surface area contributed by atoms with Crippen molar-refractivity contribution in [3.63, 3.8) is 0 Å². The first-order chi connectivity index (χ1) is 14.0. The lowest BCUT2D eigenvalue weighted by molar-refractivity contribution is 0.0991. The van der Waals surface area contributed by atoms with Crippen LogP contribution in [0.4, 0.5) is 0 Å². The van der Waals surface area contributed by atoms with Gasteiger partial charge in [0.05, 0.1) is 17.7 Å². The van der Waals surface area contributed by atoms with Crippen molar-refractivity contribution in [3.8, 4) is 11.9 Å². The molecular formula is C24H18N2O3. The number of rotatable bonds is 7. The van der Waals surface area contributed by atoms with E-state index in [1.807, 2.05) is 36.4 Å². The van der Waals surface area contributed by atoms with Crippen molar-refractivity contribution >= 4 is 17.3 Å². The molecule has 29 heavy (non-hydrogen) atoms. The largest absolute Gasteiger partial charge is 0.439 e. The van der Waals surface area contributed by atoms with Crippen molar-refractivity contribution in [1.82, 2.24) is 4.98 Å². The summed E-state index contributed by atoms with van der Waals surface area (Å²) in [5, 5.41) is 9.37. The maximum Gasteiger partial charge on any atom is 0.219 e. The Labute approximate surface area is 168 Å². The standard InChI is InChI=1S/C24H18N2O3/c1-16(27)19-9-6-10-20(13-19)23(28)14-22-21(15-25)11-12-24(26-22)29-17(2)18-7-4-3-5-8-18/h3-13H,2,14H2,1H3. The zero-order valence-electron chi connectivity index (χ0n) is 15.9. The molecule has 0 fully saturated rings. The monoisotopic (exact) mass is 382 g/mol. The normalized spacial score (nSPS) is 10.1. The number of ether oxygens (including phenoxy) is 1. The van der Waals surface area contributed by atoms with E-state index in [1.54, 1.807) is 36.4 Å². The van der Waals surface area contributed by atoms with Gasteiger partial charge >= 0.3 is 0 Å². The molecule has 3 aromatic rings. The average Bonchev–Trinajstić information content (AvgIpc) is 2.74. The van der Waals surface area contributed by atoms with E-state index in [-0.39, 0.29) is 23.9 Å². The van der Waals surface area contributed by atoms with Gasteiger partial charge in [-0.1, -0.05) is 55.1 Å². The molecule has 0 aliphatic rings. The SMILES string of the molecule is C=C(Oc1ccc(C#N)c(CC(=O)c2cccc(C(C)=O)c2)n1)c1ccccc1. The van der Waals surface area contributed by atoms with Gasteiger partial charge in [0.25, 0.3) is 0 Å². The first-order valence-electron chi connectivity index (χ1n) is 8.94. The van der Waals surface area contributed by atoms with Crippen LogP contribution in [0.3, 0.4) is 0 Å². The summed E-state index contributed by atoms with van der Waals surface area (Å²) in [6.45, 7) is 5.34. The van der Waals surface area contributed by atoms with Crippen LogP contribution in [0.15, 0.2) is 73.3 Å². The Morgan fingerprint density at radius 2 is 1.69 bits per heavy atom. The maximum atomic E-state index is 12.7. The van der Waals surface area contributed by atoms with Crippen molar-refractivity contribution in [2.24, 2.45) is 0 Å². The maximum absolute atomic E-state index is 12.7. The average molecular weight is 382 g/mol. The van der Waals surface area contributed by atoms with Crippen molar-refractivity contribution in [1.29, 1.82) is 5.26 Å². The molecule has 0 unspecified atom stereocenters. The van der Waals surface area contributed by atoms with Gasteiger partial charge in [0, 0.05) is 22.8 Å². The fourth-order valence-corrected chi connectivity index (χ4v) is 2.75. The Morgan fingerprint density at radius 3 is 2.38 bits per heavy atom. The molecule has 0 aliphatic carbocycles. The zero-order valence-corrected chi connectivity index (χ0v) is 15.9. The van der Waals surface area contributed by atoms with E-state index in [4.69, 9.17) is 4.74 Å². The zero-order chi connectivity index (χ0) is 20.8. The first kappa shape index (κ1) is 19.7. The summed E-state index contributed by atoms with van der Waals surface area (Å²) in [7, 11) is 0. The Bertz CT molecular complexity index is 1130. The molecule has 142 valence electrons. The van der Waals surface area contributed by atoms with Crippen LogP contribution in [-0.2, 0) is 6.42 Å². The van der Waals surface area contributed by atoms with Crippen LogP contribution in [0, 0.1) is 11.3 Å². The van der Waals surface area contributed by atoms with E-state index in [2.05, 4.69) is 11.6 Å². The smallest absolute Gasteiger partial charge is 0.219 e. The highest BCUT2D eigenvalue weighted by molar-refractivity contribution is 6.01. The van der Waals surface area contributed by atoms with Gasteiger partial charge in [0.2, 0.25) is 5.88 Å². The minimum Gasteiger partial charge on any atom is -0.439 e. The molecule has 3 rings (SSSR count). The molecule has 0 N–H and O–H groups in total. The van der Waals surface area contributed by atoms with Crippen molar-refractivity contribution in [2.45, 2.75) is 13.3 Å². The molecule has 0 spiro atoms. The van der Waals surface area contributed by atoms with E-state index in [0.717, 1.165) is 5.56 Å². The van der Waals surface area contributed by atoms with Gasteiger partial charge in [-0.2, -0.15) is 5.26 Å². The molecule has 0 bridgehead atoms. The number of carbonyl (C=O) groups is 2. The van der Waals surface area contributed by atoms with Gasteiger partial charge in [0.15, 0.2) is 11.6 Å². The third kappa shape index (κ3) is 4.82. The number of nitrogens with zero attached hydrogens (tertiary/aromatic N) is 2. The Hall–Kier alpha value is -4.04. The van der Waals surface area contributed by atoms with Crippen molar-refractivity contribution < 1.29 is 14.3 Å². The summed E-state index contributed by atoms with van der Waals surface area (Å²) < 4.78 is 5.71. The molecule has 0 aliphatic heterocycles. The summed E-state index contributed by atoms with van der Waals surface area (Å²) in [6, 6.07) is 21.0. The van der Waals surface area contributed by atoms with Gasteiger partial charge in [-0.15, -0.1) is 0 Å². The second-order valence-corrected chi connectivity index (χ2v) is 6.38. The highest BCUT2D eigenvalue weighted by Gasteiger charge is 2.15. The molecular weight excluding hydrogens is 364 g/mol. The molecule has 0 saturated carbocycles. The second kappa shape index (κ2) is 8.77. The van der Waals surface area contributed by atoms with Crippen LogP contribution >= 0.6 is 0 Å². The molecule has 5 nitrogen and oxygen atoms in total. The van der Waals surface area contributed by atoms with Crippen LogP contribution in [-0.4, -0.2) is 16.6 Å². The molecule has 0 saturated heterocycles. The lowest BCUT2D eigenvalue weighted by atomic mass is 10.0. The summed E-state index contributed by atoms with van der Waals surface area (Å²) in [5.41, 5.74) is 2.25. The van der Waals surface area contributed by atoms with Gasteiger partial charge in [-0.05, 0) is 19.1 Å². The summed E-state index contributed by atoms with van der Waals surface area (Å²) in [6.07, 6.45) is -0.0841. The van der Waals surface area contributed by atoms with Crippen LogP contribution in [0.25, 0.3) is 5.76 Å². The van der Waals surface area contributed by atoms with Gasteiger partial charge in [-0.3, -0.25) is 9.59 Å². The fraction of sp³-hybridized carbons (Fsp3) is 0.0833. The van der Waals surface area contributed by atoms with Crippen LogP contribution < -0.4 is 4.74 Å². The minimum absolute atomic E-state index is 0.0841. The fourth-order valence-electron chi connectivity index (χ4n) is 2.75. The predicted molar refractivity (Wildman–Crippen MR) is 110 cm³/mol. The predicted octanol–water partition coefficient (Wildman–Crippen LogP) is 4.63. The summed E-state index contributed by atoms with van der Waals surface area (Å²) >= 11 is 0. The lowest BCUT2D eigenvalue weighted by Crippen LogP contribution is -2.09. The number of Topliss-reactive ketones (excluding diaryl/α,β-unsaturated/α-hetero) is 2. The molecule has 1 heterocycles. The number of pyridine rings is 1. The molecule has 1 aromatic heterocycles. The third-order valence-electron chi connectivity index (χ3n) is 4.31. The van der Waals surface area contributed by atoms with E-state index in [9.17, 15) is 14.9 Å². The lowest BCUT2D eigenvalue weighted by Gasteiger charge is -2.10. The van der Waals surface area contributed by atoms with Gasteiger partial charge in [-0.25, -0.2) is 4.98 Å². The van der Waals surface area contributed by atoms with Crippen molar-refractivity contribution in [2.75, 3.05) is 0 Å². The molecule has 5 heteroatoms. The molecule has 0 radical (unpaired) electrons. The van der Waals surface area contributed by atoms with Crippen LogP contribution in [0.1, 0.15) is 44.5 Å². The molecule has 0 atom stereocenters. The number of carbonyl (C=O) groups excluding carboxylic acids is 2. The first-order valence-corrected chi connectivity index (χ1v) is 8.94. The van der Waals surface area contributed by atoms with Crippen LogP contribution in [0.2, 0.25) is 0 Å². The van der Waals surface area contributed by atoms with E-state index < -0.39 is 0 Å². The Balaban J connectivity index is 1.83. The van der Waals surface area contributed by atoms with Gasteiger partial charge < -0.3 is 4.74 Å². The van der Waals surface area contributed by atoms with Crippen molar-refractivity contribution in [3.05, 3.63) is 101 Å². The highest BCUT2D eigenvalue weighted by atomic mass is 16.5. The van der Waals surface area contributed by atoms with Gasteiger partial charge in [0.1, 0.15) is 11.8 Å². The van der Waals surface area contributed by atoms with Crippen LogP contribution in [0.5, 0.6) is 5.88 Å². The quantitative estimate of drug-likeness (QED) is 0.440. The summed E-state index contributed by atoms with van der Waals surface area (Å²) in [5.74, 6) is 0.300. The summed E-state index contributed by atoms with van der Waals surface area (Å²) in [4.78, 5) is 28.6. The molecule has 2 aromatic carbocycles. The third-order valence-corrected chi connectivity index (χ3v) is 4.31. The Morgan fingerprint density at radius 1 is 1.00 bits per heavy atom. The van der Waals surface area contributed by atoms with E-state index in [1.165, 1.54) is 6.92 Å². The number of aromatic nitrogens is 1. The highest BCUT2D eigenvalue weighted by Crippen LogP contribution is 2.21. The topological polar surface area (TPSA) is 80.0 Å².